The van der Waals surface area contributed by atoms with Gasteiger partial charge in [-0.05, 0) is 43.5 Å². The zero-order valence-corrected chi connectivity index (χ0v) is 14.3. The molecule has 1 fully saturated rings. The molecule has 0 radical (unpaired) electrons. The second-order valence-electron chi connectivity index (χ2n) is 5.59. The fourth-order valence-electron chi connectivity index (χ4n) is 2.78. The lowest BCUT2D eigenvalue weighted by Gasteiger charge is -2.17. The maximum absolute atomic E-state index is 13.6. The van der Waals surface area contributed by atoms with Crippen LogP contribution in [0.25, 0.3) is 0 Å². The zero-order valence-electron chi connectivity index (χ0n) is 12.7. The number of rotatable bonds is 5. The van der Waals surface area contributed by atoms with Gasteiger partial charge in [-0.1, -0.05) is 6.42 Å². The second kappa shape index (κ2) is 7.94. The van der Waals surface area contributed by atoms with E-state index in [2.05, 4.69) is 10.0 Å². The highest BCUT2D eigenvalue weighted by molar-refractivity contribution is 7.92. The van der Waals surface area contributed by atoms with Crippen LogP contribution in [0.1, 0.15) is 19.3 Å². The average Bonchev–Trinajstić information content (AvgIpc) is 2.89. The summed E-state index contributed by atoms with van der Waals surface area (Å²) < 4.78 is 38.1. The Morgan fingerprint density at radius 1 is 1.39 bits per heavy atom. The summed E-state index contributed by atoms with van der Waals surface area (Å²) in [6.07, 6.45) is 3.61. The van der Waals surface area contributed by atoms with Crippen LogP contribution in [-0.2, 0) is 14.8 Å². The van der Waals surface area contributed by atoms with E-state index in [4.69, 9.17) is 5.73 Å². The average molecular weight is 366 g/mol. The van der Waals surface area contributed by atoms with Gasteiger partial charge < -0.3 is 11.1 Å². The van der Waals surface area contributed by atoms with Crippen molar-refractivity contribution >= 4 is 39.7 Å². The predicted molar refractivity (Wildman–Crippen MR) is 90.6 cm³/mol. The van der Waals surface area contributed by atoms with E-state index in [1.165, 1.54) is 12.1 Å². The molecular formula is C14H21ClFN3O3S. The Morgan fingerprint density at radius 2 is 2.09 bits per heavy atom. The van der Waals surface area contributed by atoms with Crippen molar-refractivity contribution in [2.45, 2.75) is 19.3 Å². The normalized spacial score (nSPS) is 20.7. The Hall–Kier alpha value is -1.38. The highest BCUT2D eigenvalue weighted by Gasteiger charge is 2.31. The van der Waals surface area contributed by atoms with E-state index in [0.29, 0.717) is 12.2 Å². The number of anilines is 2. The van der Waals surface area contributed by atoms with Crippen LogP contribution in [0.3, 0.4) is 0 Å². The first-order valence-electron chi connectivity index (χ1n) is 7.08. The van der Waals surface area contributed by atoms with Gasteiger partial charge in [-0.25, -0.2) is 12.8 Å². The van der Waals surface area contributed by atoms with Crippen LogP contribution in [0.4, 0.5) is 15.8 Å². The van der Waals surface area contributed by atoms with Gasteiger partial charge in [-0.2, -0.15) is 0 Å². The molecule has 4 N–H and O–H groups in total. The van der Waals surface area contributed by atoms with Crippen molar-refractivity contribution in [1.82, 2.24) is 0 Å². The van der Waals surface area contributed by atoms with Crippen molar-refractivity contribution in [3.05, 3.63) is 24.0 Å². The van der Waals surface area contributed by atoms with Crippen LogP contribution >= 0.6 is 12.4 Å². The number of hydrogen-bond donors (Lipinski definition) is 3. The van der Waals surface area contributed by atoms with E-state index in [-0.39, 0.29) is 35.8 Å². The Labute approximate surface area is 141 Å². The predicted octanol–water partition coefficient (Wildman–Crippen LogP) is 1.93. The molecule has 1 aliphatic rings. The number of benzene rings is 1. The third kappa shape index (κ3) is 5.33. The molecule has 0 unspecified atom stereocenters. The maximum atomic E-state index is 13.6. The number of sulfonamides is 1. The quantitative estimate of drug-likeness (QED) is 0.742. The monoisotopic (exact) mass is 365 g/mol. The number of halogens is 2. The van der Waals surface area contributed by atoms with Crippen molar-refractivity contribution in [3.63, 3.8) is 0 Å². The lowest BCUT2D eigenvalue weighted by molar-refractivity contribution is -0.120. The van der Waals surface area contributed by atoms with Crippen molar-refractivity contribution in [2.75, 3.05) is 22.8 Å². The molecule has 1 amide bonds. The molecule has 0 bridgehead atoms. The molecule has 2 rings (SSSR count). The molecule has 1 aliphatic carbocycles. The van der Waals surface area contributed by atoms with Gasteiger partial charge in [-0.15, -0.1) is 12.4 Å². The molecule has 0 spiro atoms. The van der Waals surface area contributed by atoms with Gasteiger partial charge >= 0.3 is 0 Å². The van der Waals surface area contributed by atoms with Gasteiger partial charge in [0.25, 0.3) is 0 Å². The molecule has 6 nitrogen and oxygen atoms in total. The standard InChI is InChI=1S/C14H20FN3O3S.ClH/c1-22(20,21)18-13-7-10(5-6-12(13)15)17-14(19)11-4-2-3-9(11)8-16;/h5-7,9,11,18H,2-4,8,16H2,1H3,(H,17,19);1H/t9-,11-;/m1./s1. The summed E-state index contributed by atoms with van der Waals surface area (Å²) in [5, 5.41) is 2.71. The number of amides is 1. The van der Waals surface area contributed by atoms with Gasteiger partial charge in [0.05, 0.1) is 11.9 Å². The first-order chi connectivity index (χ1) is 10.3. The van der Waals surface area contributed by atoms with E-state index in [1.54, 1.807) is 0 Å². The van der Waals surface area contributed by atoms with Crippen LogP contribution in [0.15, 0.2) is 18.2 Å². The molecule has 1 aromatic rings. The molecule has 1 saturated carbocycles. The molecule has 0 aromatic heterocycles. The largest absolute Gasteiger partial charge is 0.330 e. The Bertz CT molecular complexity index is 669. The van der Waals surface area contributed by atoms with Gasteiger partial charge in [0, 0.05) is 11.6 Å². The SMILES string of the molecule is CS(=O)(=O)Nc1cc(NC(=O)[C@@H]2CCC[C@@H]2CN)ccc1F.Cl. The van der Waals surface area contributed by atoms with Crippen LogP contribution in [0.2, 0.25) is 0 Å². The van der Waals surface area contributed by atoms with Crippen molar-refractivity contribution in [3.8, 4) is 0 Å². The third-order valence-electron chi connectivity index (χ3n) is 3.83. The van der Waals surface area contributed by atoms with Gasteiger partial charge in [0.1, 0.15) is 5.82 Å². The molecule has 1 aromatic carbocycles. The molecular weight excluding hydrogens is 345 g/mol. The minimum atomic E-state index is -3.59. The number of carbonyl (C=O) groups excluding carboxylic acids is 1. The number of carbonyl (C=O) groups is 1. The first-order valence-corrected chi connectivity index (χ1v) is 8.97. The fraction of sp³-hybridized carbons (Fsp3) is 0.500. The molecule has 0 aliphatic heterocycles. The fourth-order valence-corrected chi connectivity index (χ4v) is 3.34. The highest BCUT2D eigenvalue weighted by Crippen LogP contribution is 2.32. The van der Waals surface area contributed by atoms with Crippen LogP contribution in [0, 0.1) is 17.7 Å². The van der Waals surface area contributed by atoms with Crippen LogP contribution in [-0.4, -0.2) is 27.1 Å². The topological polar surface area (TPSA) is 101 Å². The van der Waals surface area contributed by atoms with Crippen LogP contribution < -0.4 is 15.8 Å². The summed E-state index contributed by atoms with van der Waals surface area (Å²) in [7, 11) is -3.59. The molecule has 9 heteroatoms. The molecule has 2 atom stereocenters. The lowest BCUT2D eigenvalue weighted by Crippen LogP contribution is -2.29. The lowest BCUT2D eigenvalue weighted by atomic mass is 9.95. The van der Waals surface area contributed by atoms with Gasteiger partial charge in [0.2, 0.25) is 15.9 Å². The van der Waals surface area contributed by atoms with Gasteiger partial charge in [0.15, 0.2) is 0 Å². The Morgan fingerprint density at radius 3 is 2.70 bits per heavy atom. The van der Waals surface area contributed by atoms with E-state index in [0.717, 1.165) is 31.6 Å². The smallest absolute Gasteiger partial charge is 0.229 e. The van der Waals surface area contributed by atoms with Crippen molar-refractivity contribution in [2.24, 2.45) is 17.6 Å². The maximum Gasteiger partial charge on any atom is 0.229 e. The Kier molecular flexibility index (Phi) is 6.79. The summed E-state index contributed by atoms with van der Waals surface area (Å²) in [5.41, 5.74) is 5.82. The van der Waals surface area contributed by atoms with E-state index >= 15 is 0 Å². The molecule has 23 heavy (non-hydrogen) atoms. The van der Waals surface area contributed by atoms with Crippen molar-refractivity contribution < 1.29 is 17.6 Å². The molecule has 0 saturated heterocycles. The summed E-state index contributed by atoms with van der Waals surface area (Å²) in [6, 6.07) is 3.77. The Balaban J connectivity index is 0.00000264. The number of hydrogen-bond acceptors (Lipinski definition) is 4. The summed E-state index contributed by atoms with van der Waals surface area (Å²) in [5.74, 6) is -0.857. The zero-order chi connectivity index (χ0) is 16.3. The first kappa shape index (κ1) is 19.7. The van der Waals surface area contributed by atoms with E-state index < -0.39 is 15.8 Å². The minimum Gasteiger partial charge on any atom is -0.330 e. The van der Waals surface area contributed by atoms with Crippen molar-refractivity contribution in [1.29, 1.82) is 0 Å². The molecule has 130 valence electrons. The van der Waals surface area contributed by atoms with E-state index in [9.17, 15) is 17.6 Å². The molecule has 0 heterocycles. The minimum absolute atomic E-state index is 0. The highest BCUT2D eigenvalue weighted by atomic mass is 35.5. The number of nitrogens with two attached hydrogens (primary N) is 1. The summed E-state index contributed by atoms with van der Waals surface area (Å²) in [4.78, 5) is 12.3. The summed E-state index contributed by atoms with van der Waals surface area (Å²) in [6.45, 7) is 0.461. The third-order valence-corrected chi connectivity index (χ3v) is 4.42. The van der Waals surface area contributed by atoms with Gasteiger partial charge in [-0.3, -0.25) is 9.52 Å². The summed E-state index contributed by atoms with van der Waals surface area (Å²) >= 11 is 0. The second-order valence-corrected chi connectivity index (χ2v) is 7.34. The van der Waals surface area contributed by atoms with Crippen LogP contribution in [0.5, 0.6) is 0 Å². The number of nitrogens with one attached hydrogen (secondary N) is 2. The van der Waals surface area contributed by atoms with E-state index in [1.807, 2.05) is 0 Å².